The molecule has 0 atom stereocenters. The lowest BCUT2D eigenvalue weighted by Crippen LogP contribution is -1.95. The maximum Gasteiger partial charge on any atom is 0.281 e. The van der Waals surface area contributed by atoms with E-state index >= 15 is 0 Å². The number of halogens is 2. The summed E-state index contributed by atoms with van der Waals surface area (Å²) in [6.45, 7) is 0.234. The van der Waals surface area contributed by atoms with E-state index in [1.807, 2.05) is 0 Å². The van der Waals surface area contributed by atoms with Crippen molar-refractivity contribution < 1.29 is 8.78 Å². The minimum atomic E-state index is -2.48. The van der Waals surface area contributed by atoms with Gasteiger partial charge in [0.1, 0.15) is 10.7 Å². The zero-order valence-electron chi connectivity index (χ0n) is 5.05. The molecule has 1 aromatic heterocycles. The summed E-state index contributed by atoms with van der Waals surface area (Å²) in [5, 5.41) is 1.88. The Morgan fingerprint density at radius 2 is 2.40 bits per heavy atom. The number of nitrogens with zero attached hydrogens (tertiary/aromatic N) is 1. The molecule has 0 radical (unpaired) electrons. The van der Waals surface area contributed by atoms with E-state index in [1.165, 1.54) is 5.38 Å². The molecule has 0 aliphatic carbocycles. The monoisotopic (exact) mass is 164 g/mol. The van der Waals surface area contributed by atoms with Crippen LogP contribution < -0.4 is 5.73 Å². The first-order chi connectivity index (χ1) is 4.74. The topological polar surface area (TPSA) is 38.9 Å². The fraction of sp³-hybridized carbons (Fsp3) is 0.400. The van der Waals surface area contributed by atoms with Gasteiger partial charge in [0.2, 0.25) is 0 Å². The van der Waals surface area contributed by atoms with Crippen molar-refractivity contribution in [2.24, 2.45) is 5.73 Å². The van der Waals surface area contributed by atoms with Crippen molar-refractivity contribution in [2.75, 3.05) is 0 Å². The molecule has 0 aliphatic heterocycles. The van der Waals surface area contributed by atoms with Gasteiger partial charge < -0.3 is 5.73 Å². The Morgan fingerprint density at radius 3 is 2.70 bits per heavy atom. The van der Waals surface area contributed by atoms with Crippen LogP contribution in [0.5, 0.6) is 0 Å². The number of rotatable bonds is 2. The number of hydrogen-bond donors (Lipinski definition) is 1. The Morgan fingerprint density at radius 1 is 1.70 bits per heavy atom. The van der Waals surface area contributed by atoms with E-state index in [-0.39, 0.29) is 12.2 Å². The maximum absolute atomic E-state index is 11.8. The van der Waals surface area contributed by atoms with Gasteiger partial charge in [-0.2, -0.15) is 0 Å². The third-order valence-corrected chi connectivity index (χ3v) is 1.86. The van der Waals surface area contributed by atoms with Gasteiger partial charge in [-0.3, -0.25) is 0 Å². The van der Waals surface area contributed by atoms with E-state index in [4.69, 9.17) is 5.73 Å². The molecular formula is C5H6F2N2S. The fourth-order valence-electron chi connectivity index (χ4n) is 0.519. The summed E-state index contributed by atoms with van der Waals surface area (Å²) in [6.07, 6.45) is -2.48. The van der Waals surface area contributed by atoms with Crippen molar-refractivity contribution in [1.29, 1.82) is 0 Å². The average Bonchev–Trinajstić information content (AvgIpc) is 2.34. The van der Waals surface area contributed by atoms with Crippen LogP contribution in [0.2, 0.25) is 0 Å². The molecule has 2 N–H and O–H groups in total. The fourth-order valence-corrected chi connectivity index (χ4v) is 1.19. The van der Waals surface area contributed by atoms with Crippen LogP contribution in [0.4, 0.5) is 8.78 Å². The van der Waals surface area contributed by atoms with Crippen LogP contribution in [-0.2, 0) is 6.54 Å². The smallest absolute Gasteiger partial charge is 0.281 e. The van der Waals surface area contributed by atoms with Crippen molar-refractivity contribution in [1.82, 2.24) is 4.98 Å². The Hall–Kier alpha value is -0.550. The summed E-state index contributed by atoms with van der Waals surface area (Å²) in [6, 6.07) is 0. The first-order valence-electron chi connectivity index (χ1n) is 2.66. The van der Waals surface area contributed by atoms with Crippen LogP contribution in [0.1, 0.15) is 17.1 Å². The predicted octanol–water partition coefficient (Wildman–Crippen LogP) is 1.54. The molecule has 5 heteroatoms. The first kappa shape index (κ1) is 7.56. The van der Waals surface area contributed by atoms with Crippen LogP contribution in [0, 0.1) is 0 Å². The Bertz CT molecular complexity index is 211. The van der Waals surface area contributed by atoms with Gasteiger partial charge >= 0.3 is 0 Å². The Kier molecular flexibility index (Phi) is 2.29. The zero-order valence-corrected chi connectivity index (χ0v) is 5.87. The van der Waals surface area contributed by atoms with Crippen LogP contribution in [-0.4, -0.2) is 4.98 Å². The normalized spacial score (nSPS) is 10.8. The van der Waals surface area contributed by atoms with E-state index in [9.17, 15) is 8.78 Å². The van der Waals surface area contributed by atoms with E-state index in [0.717, 1.165) is 11.3 Å². The van der Waals surface area contributed by atoms with Crippen molar-refractivity contribution in [3.63, 3.8) is 0 Å². The number of thiazole rings is 1. The second kappa shape index (κ2) is 3.03. The van der Waals surface area contributed by atoms with E-state index in [0.29, 0.717) is 5.01 Å². The minimum absolute atomic E-state index is 0.176. The molecule has 0 amide bonds. The van der Waals surface area contributed by atoms with Gasteiger partial charge in [-0.15, -0.1) is 11.3 Å². The van der Waals surface area contributed by atoms with Crippen molar-refractivity contribution in [2.45, 2.75) is 13.0 Å². The lowest BCUT2D eigenvalue weighted by Gasteiger charge is -1.88. The first-order valence-corrected chi connectivity index (χ1v) is 3.54. The average molecular weight is 164 g/mol. The van der Waals surface area contributed by atoms with Crippen LogP contribution in [0.25, 0.3) is 0 Å². The van der Waals surface area contributed by atoms with Gasteiger partial charge in [-0.05, 0) is 0 Å². The molecule has 2 nitrogen and oxygen atoms in total. The van der Waals surface area contributed by atoms with Crippen molar-refractivity contribution in [3.05, 3.63) is 16.1 Å². The highest BCUT2D eigenvalue weighted by Gasteiger charge is 2.10. The molecule has 1 aromatic rings. The molecule has 0 aromatic carbocycles. The van der Waals surface area contributed by atoms with Crippen LogP contribution in [0.15, 0.2) is 5.38 Å². The molecule has 0 fully saturated rings. The highest BCUT2D eigenvalue weighted by atomic mass is 32.1. The largest absolute Gasteiger partial charge is 0.325 e. The zero-order chi connectivity index (χ0) is 7.56. The van der Waals surface area contributed by atoms with Gasteiger partial charge in [0, 0.05) is 11.9 Å². The standard InChI is InChI=1S/C5H6F2N2S/c6-5(7)3-2-10-4(1-8)9-3/h2,5H,1,8H2. The lowest BCUT2D eigenvalue weighted by molar-refractivity contribution is 0.146. The van der Waals surface area contributed by atoms with Gasteiger partial charge in [0.05, 0.1) is 0 Å². The Labute approximate surface area is 60.7 Å². The molecule has 0 unspecified atom stereocenters. The van der Waals surface area contributed by atoms with E-state index in [1.54, 1.807) is 0 Å². The molecule has 0 saturated carbocycles. The quantitative estimate of drug-likeness (QED) is 0.720. The van der Waals surface area contributed by atoms with Crippen LogP contribution >= 0.6 is 11.3 Å². The summed E-state index contributed by atoms with van der Waals surface area (Å²) in [5.74, 6) is 0. The van der Waals surface area contributed by atoms with Crippen molar-refractivity contribution >= 4 is 11.3 Å². The van der Waals surface area contributed by atoms with Gasteiger partial charge in [-0.25, -0.2) is 13.8 Å². The summed E-state index contributed by atoms with van der Waals surface area (Å²) in [7, 11) is 0. The molecular weight excluding hydrogens is 158 g/mol. The number of hydrogen-bond acceptors (Lipinski definition) is 3. The summed E-state index contributed by atoms with van der Waals surface area (Å²) < 4.78 is 23.6. The Balaban J connectivity index is 2.78. The van der Waals surface area contributed by atoms with Crippen LogP contribution in [0.3, 0.4) is 0 Å². The highest BCUT2D eigenvalue weighted by Crippen LogP contribution is 2.20. The second-order valence-electron chi connectivity index (χ2n) is 1.67. The molecule has 0 spiro atoms. The molecule has 1 rings (SSSR count). The maximum atomic E-state index is 11.8. The molecule has 1 heterocycles. The molecule has 56 valence electrons. The van der Waals surface area contributed by atoms with Crippen molar-refractivity contribution in [3.8, 4) is 0 Å². The SMILES string of the molecule is NCc1nc(C(F)F)cs1. The van der Waals surface area contributed by atoms with Gasteiger partial charge in [0.25, 0.3) is 6.43 Å². The molecule has 10 heavy (non-hydrogen) atoms. The van der Waals surface area contributed by atoms with E-state index in [2.05, 4.69) is 4.98 Å². The number of alkyl halides is 2. The summed E-state index contributed by atoms with van der Waals surface area (Å²) >= 11 is 1.16. The second-order valence-corrected chi connectivity index (χ2v) is 2.61. The number of aromatic nitrogens is 1. The summed E-state index contributed by atoms with van der Waals surface area (Å²) in [5.41, 5.74) is 4.99. The van der Waals surface area contributed by atoms with Gasteiger partial charge in [0.15, 0.2) is 0 Å². The van der Waals surface area contributed by atoms with Gasteiger partial charge in [-0.1, -0.05) is 0 Å². The molecule has 0 saturated heterocycles. The van der Waals surface area contributed by atoms with E-state index < -0.39 is 6.43 Å². The predicted molar refractivity (Wildman–Crippen MR) is 35.0 cm³/mol. The highest BCUT2D eigenvalue weighted by molar-refractivity contribution is 7.09. The minimum Gasteiger partial charge on any atom is -0.325 e. The third kappa shape index (κ3) is 1.48. The lowest BCUT2D eigenvalue weighted by atomic mass is 10.5. The molecule has 0 bridgehead atoms. The molecule has 0 aliphatic rings. The number of nitrogens with two attached hydrogens (primary N) is 1. The summed E-state index contributed by atoms with van der Waals surface area (Å²) in [4.78, 5) is 3.57. The third-order valence-electron chi connectivity index (χ3n) is 0.968.